The van der Waals surface area contributed by atoms with Gasteiger partial charge in [0, 0.05) is 20.3 Å². The molecule has 0 aromatic rings. The molecule has 162 valence electrons. The van der Waals surface area contributed by atoms with E-state index in [1.165, 1.54) is 70.6 Å². The molecule has 4 heteroatoms. The van der Waals surface area contributed by atoms with E-state index in [1.807, 2.05) is 0 Å². The number of nitrogens with one attached hydrogen (secondary N) is 1. The first kappa shape index (κ1) is 24.9. The van der Waals surface area contributed by atoms with Gasteiger partial charge in [-0.3, -0.25) is 9.28 Å². The molecule has 1 aliphatic rings. The quantitative estimate of drug-likeness (QED) is 0.196. The van der Waals surface area contributed by atoms with Gasteiger partial charge in [-0.25, -0.2) is 4.99 Å². The second-order valence-electron chi connectivity index (χ2n) is 8.43. The number of rotatable bonds is 16. The third kappa shape index (κ3) is 8.89. The van der Waals surface area contributed by atoms with E-state index in [0.29, 0.717) is 6.17 Å². The number of carbonyl (C=O) groups is 1. The van der Waals surface area contributed by atoms with Crippen LogP contribution >= 0.6 is 0 Å². The molecule has 28 heavy (non-hydrogen) atoms. The van der Waals surface area contributed by atoms with Crippen molar-refractivity contribution in [2.45, 2.75) is 117 Å². The highest BCUT2D eigenvalue weighted by molar-refractivity contribution is 5.73. The van der Waals surface area contributed by atoms with Crippen LogP contribution in [0, 0.1) is 0 Å². The average Bonchev–Trinajstić information content (AvgIpc) is 3.09. The number of amides is 1. The molecule has 0 saturated heterocycles. The minimum absolute atomic E-state index is 0.0570. The van der Waals surface area contributed by atoms with Gasteiger partial charge in [-0.05, 0) is 32.6 Å². The fourth-order valence-electron chi connectivity index (χ4n) is 4.47. The Kier molecular flexibility index (Phi) is 13.1. The Morgan fingerprint density at radius 3 is 2.25 bits per heavy atom. The van der Waals surface area contributed by atoms with Crippen LogP contribution in [0.5, 0.6) is 0 Å². The normalized spacial score (nSPS) is 22.8. The molecule has 0 aliphatic carbocycles. The summed E-state index contributed by atoms with van der Waals surface area (Å²) in [7, 11) is 0. The smallest absolute Gasteiger partial charge is 0.221 e. The summed E-state index contributed by atoms with van der Waals surface area (Å²) in [5, 5.41) is 3.11. The van der Waals surface area contributed by atoms with Crippen LogP contribution in [0.1, 0.15) is 105 Å². The lowest BCUT2D eigenvalue weighted by molar-refractivity contribution is -0.959. The number of unbranched alkanes of at least 4 members (excludes halogenated alkanes) is 9. The first-order valence-electron chi connectivity index (χ1n) is 11.9. The lowest BCUT2D eigenvalue weighted by atomic mass is 10.0. The van der Waals surface area contributed by atoms with E-state index in [1.54, 1.807) is 6.92 Å². The maximum absolute atomic E-state index is 11.5. The molecular weight excluding hydrogens is 346 g/mol. The van der Waals surface area contributed by atoms with Gasteiger partial charge in [-0.1, -0.05) is 64.0 Å². The molecule has 0 radical (unpaired) electrons. The minimum Gasteiger partial charge on any atom is -0.307 e. The van der Waals surface area contributed by atoms with Crippen LogP contribution in [0.2, 0.25) is 0 Å². The van der Waals surface area contributed by atoms with Gasteiger partial charge < -0.3 is 5.32 Å². The molecule has 1 N–H and O–H groups in total. The SMILES string of the molecule is CC/C=C/CCCCCCCCCCCC1N=CC[N+]1(CC)C(C)NC(C)=O. The maximum Gasteiger partial charge on any atom is 0.221 e. The minimum atomic E-state index is 0.0570. The Bertz CT molecular complexity index is 474. The van der Waals surface area contributed by atoms with E-state index in [9.17, 15) is 4.79 Å². The van der Waals surface area contributed by atoms with Crippen molar-refractivity contribution in [2.75, 3.05) is 13.1 Å². The second-order valence-corrected chi connectivity index (χ2v) is 8.43. The molecule has 3 unspecified atom stereocenters. The molecule has 3 atom stereocenters. The number of carbonyl (C=O) groups excluding carboxylic acids is 1. The second kappa shape index (κ2) is 14.8. The van der Waals surface area contributed by atoms with Crippen LogP contribution in [0.4, 0.5) is 0 Å². The summed E-state index contributed by atoms with van der Waals surface area (Å²) in [6.07, 6.45) is 22.9. The van der Waals surface area contributed by atoms with Crippen molar-refractivity contribution < 1.29 is 9.28 Å². The van der Waals surface area contributed by atoms with E-state index in [4.69, 9.17) is 4.99 Å². The van der Waals surface area contributed by atoms with E-state index in [0.717, 1.165) is 24.0 Å². The van der Waals surface area contributed by atoms with E-state index < -0.39 is 0 Å². The van der Waals surface area contributed by atoms with Crippen LogP contribution in [-0.2, 0) is 4.79 Å². The highest BCUT2D eigenvalue weighted by Crippen LogP contribution is 2.27. The lowest BCUT2D eigenvalue weighted by Crippen LogP contribution is -2.63. The molecule has 0 spiro atoms. The molecule has 1 aliphatic heterocycles. The molecule has 0 fully saturated rings. The van der Waals surface area contributed by atoms with Gasteiger partial charge in [0.05, 0.1) is 12.8 Å². The molecule has 1 heterocycles. The summed E-state index contributed by atoms with van der Waals surface area (Å²) >= 11 is 0. The van der Waals surface area contributed by atoms with Crippen LogP contribution in [0.15, 0.2) is 17.1 Å². The standard InChI is InChI=1S/C24H45N3O/c1-5-7-8-9-10-11-12-13-14-15-16-17-18-19-24-25-20-21-27(24,6-2)22(3)26-23(4)28/h7-8,20,22,24H,5-6,9-19,21H2,1-4H3/p+1/b8-7+. The summed E-state index contributed by atoms with van der Waals surface area (Å²) in [6.45, 7) is 10.1. The third-order valence-electron chi connectivity index (χ3n) is 6.30. The Morgan fingerprint density at radius 2 is 1.68 bits per heavy atom. The van der Waals surface area contributed by atoms with Gasteiger partial charge in [-0.2, -0.15) is 0 Å². The van der Waals surface area contributed by atoms with Crippen molar-refractivity contribution >= 4 is 12.1 Å². The Morgan fingerprint density at radius 1 is 1.07 bits per heavy atom. The fraction of sp³-hybridized carbons (Fsp3) is 0.833. The van der Waals surface area contributed by atoms with Crippen LogP contribution in [0.25, 0.3) is 0 Å². The number of nitrogens with zero attached hydrogens (tertiary/aromatic N) is 2. The topological polar surface area (TPSA) is 41.5 Å². The van der Waals surface area contributed by atoms with Crippen molar-refractivity contribution in [2.24, 2.45) is 4.99 Å². The summed E-state index contributed by atoms with van der Waals surface area (Å²) in [5.74, 6) is 0.0570. The zero-order valence-electron chi connectivity index (χ0n) is 19.1. The van der Waals surface area contributed by atoms with Gasteiger partial charge >= 0.3 is 0 Å². The molecule has 4 nitrogen and oxygen atoms in total. The van der Waals surface area contributed by atoms with Crippen molar-refractivity contribution in [3.63, 3.8) is 0 Å². The highest BCUT2D eigenvalue weighted by Gasteiger charge is 2.42. The first-order valence-corrected chi connectivity index (χ1v) is 11.9. The fourth-order valence-corrected chi connectivity index (χ4v) is 4.47. The molecular formula is C24H46N3O+. The number of quaternary nitrogens is 1. The summed E-state index contributed by atoms with van der Waals surface area (Å²) in [6, 6.07) is 0. The largest absolute Gasteiger partial charge is 0.307 e. The van der Waals surface area contributed by atoms with Crippen molar-refractivity contribution in [3.05, 3.63) is 12.2 Å². The van der Waals surface area contributed by atoms with Gasteiger partial charge in [0.2, 0.25) is 5.91 Å². The van der Waals surface area contributed by atoms with Crippen molar-refractivity contribution in [1.29, 1.82) is 0 Å². The molecule has 0 aromatic heterocycles. The van der Waals surface area contributed by atoms with Crippen molar-refractivity contribution in [3.8, 4) is 0 Å². The van der Waals surface area contributed by atoms with Gasteiger partial charge in [0.1, 0.15) is 6.54 Å². The average molecular weight is 393 g/mol. The monoisotopic (exact) mass is 392 g/mol. The Hall–Kier alpha value is -1.16. The predicted molar refractivity (Wildman–Crippen MR) is 121 cm³/mol. The van der Waals surface area contributed by atoms with Gasteiger partial charge in [-0.15, -0.1) is 0 Å². The Balaban J connectivity index is 2.11. The zero-order chi connectivity index (χ0) is 20.7. The molecule has 1 rings (SSSR count). The number of hydrogen-bond acceptors (Lipinski definition) is 2. The van der Waals surface area contributed by atoms with Crippen molar-refractivity contribution in [1.82, 2.24) is 5.32 Å². The van der Waals surface area contributed by atoms with E-state index >= 15 is 0 Å². The molecule has 1 amide bonds. The predicted octanol–water partition coefficient (Wildman–Crippen LogP) is 5.97. The first-order chi connectivity index (χ1) is 13.6. The molecule has 0 aromatic carbocycles. The summed E-state index contributed by atoms with van der Waals surface area (Å²) in [4.78, 5) is 16.3. The number of aliphatic imine (C=N–C) groups is 1. The lowest BCUT2D eigenvalue weighted by Gasteiger charge is -2.42. The summed E-state index contributed by atoms with van der Waals surface area (Å²) < 4.78 is 0.882. The number of hydrogen-bond donors (Lipinski definition) is 1. The highest BCUT2D eigenvalue weighted by atomic mass is 16.1. The maximum atomic E-state index is 11.5. The third-order valence-corrected chi connectivity index (χ3v) is 6.30. The summed E-state index contributed by atoms with van der Waals surface area (Å²) in [5.41, 5.74) is 0. The van der Waals surface area contributed by atoms with Gasteiger partial charge in [0.25, 0.3) is 0 Å². The van der Waals surface area contributed by atoms with Crippen LogP contribution in [-0.4, -0.2) is 42.0 Å². The Labute approximate surface area is 174 Å². The molecule has 0 saturated carbocycles. The van der Waals surface area contributed by atoms with E-state index in [2.05, 4.69) is 44.5 Å². The zero-order valence-corrected chi connectivity index (χ0v) is 19.1. The van der Waals surface area contributed by atoms with E-state index in [-0.39, 0.29) is 12.1 Å². The number of allylic oxidation sites excluding steroid dienone is 2. The van der Waals surface area contributed by atoms with Crippen LogP contribution in [0.3, 0.4) is 0 Å². The molecule has 0 bridgehead atoms. The van der Waals surface area contributed by atoms with Gasteiger partial charge in [0.15, 0.2) is 12.3 Å². The van der Waals surface area contributed by atoms with Crippen LogP contribution < -0.4 is 5.32 Å².